The van der Waals surface area contributed by atoms with Crippen molar-refractivity contribution in [1.82, 2.24) is 4.98 Å². The Kier molecular flexibility index (Phi) is 2.73. The number of hydrogen-bond acceptors (Lipinski definition) is 5. The molecule has 3 aromatic rings. The van der Waals surface area contributed by atoms with Crippen molar-refractivity contribution in [3.8, 4) is 0 Å². The van der Waals surface area contributed by atoms with Gasteiger partial charge >= 0.3 is 0 Å². The van der Waals surface area contributed by atoms with Crippen LogP contribution in [0, 0.1) is 0 Å². The third-order valence-corrected chi connectivity index (χ3v) is 4.50. The predicted molar refractivity (Wildman–Crippen MR) is 76.3 cm³/mol. The third kappa shape index (κ3) is 2.07. The number of pyridine rings is 1. The third-order valence-electron chi connectivity index (χ3n) is 2.41. The van der Waals surface area contributed by atoms with E-state index >= 15 is 0 Å². The lowest BCUT2D eigenvalue weighted by Gasteiger charge is -2.02. The molecule has 3 N–H and O–H groups in total. The Morgan fingerprint density at radius 2 is 2.17 bits per heavy atom. The molecule has 90 valence electrons. The zero-order valence-corrected chi connectivity index (χ0v) is 10.8. The normalized spacial score (nSPS) is 10.7. The second-order valence-electron chi connectivity index (χ2n) is 3.69. The van der Waals surface area contributed by atoms with E-state index in [0.29, 0.717) is 16.4 Å². The summed E-state index contributed by atoms with van der Waals surface area (Å²) in [4.78, 5) is 16.6. The van der Waals surface area contributed by atoms with E-state index < -0.39 is 0 Å². The van der Waals surface area contributed by atoms with E-state index in [1.807, 2.05) is 17.5 Å². The number of rotatable bonds is 2. The van der Waals surface area contributed by atoms with Gasteiger partial charge in [0, 0.05) is 9.40 Å². The van der Waals surface area contributed by atoms with Gasteiger partial charge < -0.3 is 11.1 Å². The number of amides is 1. The maximum Gasteiger partial charge on any atom is 0.265 e. The number of aromatic nitrogens is 1. The fourth-order valence-corrected chi connectivity index (χ4v) is 3.55. The van der Waals surface area contributed by atoms with Crippen LogP contribution in [0.4, 0.5) is 11.5 Å². The lowest BCUT2D eigenvalue weighted by molar-refractivity contribution is 0.103. The highest BCUT2D eigenvalue weighted by Gasteiger charge is 2.11. The Hall–Kier alpha value is -1.92. The van der Waals surface area contributed by atoms with Crippen molar-refractivity contribution in [2.75, 3.05) is 11.1 Å². The molecule has 3 aromatic heterocycles. The van der Waals surface area contributed by atoms with Crippen molar-refractivity contribution >= 4 is 49.5 Å². The van der Waals surface area contributed by atoms with E-state index in [9.17, 15) is 4.79 Å². The molecule has 0 aromatic carbocycles. The molecule has 0 unspecified atom stereocenters. The van der Waals surface area contributed by atoms with Gasteiger partial charge in [-0.2, -0.15) is 0 Å². The summed E-state index contributed by atoms with van der Waals surface area (Å²) in [7, 11) is 0. The Labute approximate surface area is 111 Å². The first-order valence-electron chi connectivity index (χ1n) is 5.22. The maximum absolute atomic E-state index is 12.0. The van der Waals surface area contributed by atoms with Gasteiger partial charge in [0.2, 0.25) is 0 Å². The minimum atomic E-state index is -0.116. The molecule has 6 heteroatoms. The molecule has 3 heterocycles. The van der Waals surface area contributed by atoms with Crippen LogP contribution in [-0.2, 0) is 0 Å². The molecule has 3 rings (SSSR count). The van der Waals surface area contributed by atoms with Crippen molar-refractivity contribution in [1.29, 1.82) is 0 Å². The van der Waals surface area contributed by atoms with Gasteiger partial charge in [-0.3, -0.25) is 4.79 Å². The van der Waals surface area contributed by atoms with Crippen LogP contribution < -0.4 is 11.1 Å². The van der Waals surface area contributed by atoms with Gasteiger partial charge in [0.25, 0.3) is 5.91 Å². The second-order valence-corrected chi connectivity index (χ2v) is 5.72. The van der Waals surface area contributed by atoms with Crippen LogP contribution in [0.5, 0.6) is 0 Å². The number of hydrogen-bond donors (Lipinski definition) is 2. The van der Waals surface area contributed by atoms with Gasteiger partial charge in [-0.15, -0.1) is 22.7 Å². The zero-order valence-electron chi connectivity index (χ0n) is 9.21. The minimum Gasteiger partial charge on any atom is -0.384 e. The van der Waals surface area contributed by atoms with Gasteiger partial charge in [0.15, 0.2) is 0 Å². The molecular weight excluding hydrogens is 266 g/mol. The second kappa shape index (κ2) is 4.40. The van der Waals surface area contributed by atoms with Gasteiger partial charge in [0.05, 0.1) is 16.8 Å². The van der Waals surface area contributed by atoms with Gasteiger partial charge in [-0.05, 0) is 29.6 Å². The summed E-state index contributed by atoms with van der Waals surface area (Å²) >= 11 is 3.12. The van der Waals surface area contributed by atoms with E-state index in [1.165, 1.54) is 11.3 Å². The molecule has 4 nitrogen and oxygen atoms in total. The lowest BCUT2D eigenvalue weighted by Crippen LogP contribution is -2.10. The highest BCUT2D eigenvalue weighted by atomic mass is 32.1. The molecular formula is C12H9N3OS2. The molecule has 0 saturated carbocycles. The average molecular weight is 275 g/mol. The largest absolute Gasteiger partial charge is 0.384 e. The Morgan fingerprint density at radius 3 is 2.89 bits per heavy atom. The van der Waals surface area contributed by atoms with Crippen LogP contribution in [-0.4, -0.2) is 10.9 Å². The van der Waals surface area contributed by atoms with Crippen LogP contribution in [0.1, 0.15) is 9.67 Å². The number of nitrogens with zero attached hydrogens (tertiary/aromatic N) is 1. The van der Waals surface area contributed by atoms with Gasteiger partial charge in [-0.1, -0.05) is 0 Å². The van der Waals surface area contributed by atoms with Crippen molar-refractivity contribution in [2.45, 2.75) is 0 Å². The number of fused-ring (bicyclic) bond motifs is 1. The van der Waals surface area contributed by atoms with E-state index in [2.05, 4.69) is 10.3 Å². The van der Waals surface area contributed by atoms with E-state index in [-0.39, 0.29) is 5.91 Å². The van der Waals surface area contributed by atoms with Crippen LogP contribution in [0.3, 0.4) is 0 Å². The first-order valence-corrected chi connectivity index (χ1v) is 6.92. The average Bonchev–Trinajstić information content (AvgIpc) is 2.92. The summed E-state index contributed by atoms with van der Waals surface area (Å²) in [6.07, 6.45) is 1.54. The van der Waals surface area contributed by atoms with Crippen LogP contribution >= 0.6 is 22.7 Å². The van der Waals surface area contributed by atoms with Crippen LogP contribution in [0.15, 0.2) is 35.8 Å². The molecule has 0 atom stereocenters. The zero-order chi connectivity index (χ0) is 12.5. The summed E-state index contributed by atoms with van der Waals surface area (Å²) < 4.78 is 2.28. The number of carbonyl (C=O) groups excluding carboxylic acids is 1. The SMILES string of the molecule is Nc1ccc(NC(=O)c2cc3sccc3s2)cn1. The molecule has 0 fully saturated rings. The molecule has 0 saturated heterocycles. The van der Waals surface area contributed by atoms with Crippen molar-refractivity contribution < 1.29 is 4.79 Å². The van der Waals surface area contributed by atoms with Crippen molar-refractivity contribution in [3.63, 3.8) is 0 Å². The molecule has 1 amide bonds. The van der Waals surface area contributed by atoms with E-state index in [4.69, 9.17) is 5.73 Å². The number of carbonyl (C=O) groups is 1. The number of nitrogens with one attached hydrogen (secondary N) is 1. The fraction of sp³-hybridized carbons (Fsp3) is 0. The van der Waals surface area contributed by atoms with Crippen LogP contribution in [0.25, 0.3) is 9.40 Å². The fourth-order valence-electron chi connectivity index (χ4n) is 1.55. The standard InChI is InChI=1S/C12H9N3OS2/c13-11-2-1-7(6-14-11)15-12(16)10-5-9-8(18-10)3-4-17-9/h1-6H,(H2,13,14)(H,15,16). The van der Waals surface area contributed by atoms with Crippen molar-refractivity contribution in [2.24, 2.45) is 0 Å². The Morgan fingerprint density at radius 1 is 1.28 bits per heavy atom. The molecule has 0 spiro atoms. The molecule has 0 aliphatic carbocycles. The predicted octanol–water partition coefficient (Wildman–Crippen LogP) is 3.19. The van der Waals surface area contributed by atoms with E-state index in [0.717, 1.165) is 9.40 Å². The number of anilines is 2. The van der Waals surface area contributed by atoms with Gasteiger partial charge in [-0.25, -0.2) is 4.98 Å². The lowest BCUT2D eigenvalue weighted by atomic mass is 10.3. The molecule has 0 aliphatic rings. The summed E-state index contributed by atoms with van der Waals surface area (Å²) in [5, 5.41) is 4.81. The number of thiophene rings is 2. The monoisotopic (exact) mass is 275 g/mol. The smallest absolute Gasteiger partial charge is 0.265 e. The highest BCUT2D eigenvalue weighted by Crippen LogP contribution is 2.30. The van der Waals surface area contributed by atoms with E-state index in [1.54, 1.807) is 29.7 Å². The Bertz CT molecular complexity index is 671. The van der Waals surface area contributed by atoms with Crippen LogP contribution in [0.2, 0.25) is 0 Å². The molecule has 18 heavy (non-hydrogen) atoms. The molecule has 0 radical (unpaired) electrons. The number of nitrogen functional groups attached to an aromatic ring is 1. The Balaban J connectivity index is 1.82. The maximum atomic E-state index is 12.0. The quantitative estimate of drug-likeness (QED) is 0.754. The first-order chi connectivity index (χ1) is 8.72. The minimum absolute atomic E-state index is 0.116. The number of nitrogens with two attached hydrogens (primary N) is 1. The summed E-state index contributed by atoms with van der Waals surface area (Å²) in [5.41, 5.74) is 6.13. The summed E-state index contributed by atoms with van der Waals surface area (Å²) in [5.74, 6) is 0.319. The van der Waals surface area contributed by atoms with Gasteiger partial charge in [0.1, 0.15) is 5.82 Å². The first kappa shape index (κ1) is 11.2. The molecule has 0 bridgehead atoms. The topological polar surface area (TPSA) is 68.0 Å². The van der Waals surface area contributed by atoms with Crippen molar-refractivity contribution in [3.05, 3.63) is 40.7 Å². The summed E-state index contributed by atoms with van der Waals surface area (Å²) in [6, 6.07) is 7.32. The summed E-state index contributed by atoms with van der Waals surface area (Å²) in [6.45, 7) is 0. The molecule has 0 aliphatic heterocycles. The highest BCUT2D eigenvalue weighted by molar-refractivity contribution is 7.27.